The predicted octanol–water partition coefficient (Wildman–Crippen LogP) is 3.84. The highest BCUT2D eigenvalue weighted by Crippen LogP contribution is 1.92. The molecule has 15 heavy (non-hydrogen) atoms. The van der Waals surface area contributed by atoms with Crippen LogP contribution in [0, 0.1) is 6.92 Å². The summed E-state index contributed by atoms with van der Waals surface area (Å²) in [4.78, 5) is 9.59. The van der Waals surface area contributed by atoms with Crippen molar-refractivity contribution in [1.29, 1.82) is 0 Å². The molecule has 2 heteroatoms. The van der Waals surface area contributed by atoms with Crippen LogP contribution in [0.4, 0.5) is 0 Å². The molecule has 0 saturated heterocycles. The maximum absolute atomic E-state index is 9.59. The van der Waals surface area contributed by atoms with Crippen LogP contribution in [0.15, 0.2) is 30.3 Å². The van der Waals surface area contributed by atoms with Gasteiger partial charge in [0, 0.05) is 6.92 Å². The van der Waals surface area contributed by atoms with E-state index in [4.69, 9.17) is 0 Å². The first-order chi connectivity index (χ1) is 6.66. The lowest BCUT2D eigenvalue weighted by molar-refractivity contribution is -0.137. The van der Waals surface area contributed by atoms with Crippen molar-refractivity contribution in [3.8, 4) is 0 Å². The van der Waals surface area contributed by atoms with Gasteiger partial charge in [0.1, 0.15) is 0 Å². The Kier molecular flexibility index (Phi) is 19.5. The molecule has 0 amide bonds. The van der Waals surface area contributed by atoms with Gasteiger partial charge >= 0.3 is 5.97 Å². The summed E-state index contributed by atoms with van der Waals surface area (Å²) in [5.74, 6) is -0.245. The molecule has 0 bridgehead atoms. The molecule has 0 saturated carbocycles. The first-order valence-corrected chi connectivity index (χ1v) is 4.73. The van der Waals surface area contributed by atoms with Crippen LogP contribution in [0.25, 0.3) is 0 Å². The maximum Gasteiger partial charge on any atom is 0.302 e. The summed E-state index contributed by atoms with van der Waals surface area (Å²) in [6, 6.07) is 10.3. The number of hydrogen-bond acceptors (Lipinski definition) is 2. The number of hydrogen-bond donors (Lipinski definition) is 0. The fourth-order valence-electron chi connectivity index (χ4n) is 0.534. The summed E-state index contributed by atoms with van der Waals surface area (Å²) < 4.78 is 4.11. The largest absolute Gasteiger partial charge is 0.469 e. The van der Waals surface area contributed by atoms with Gasteiger partial charge in [0.15, 0.2) is 0 Å². The van der Waals surface area contributed by atoms with Gasteiger partial charge in [-0.15, -0.1) is 0 Å². The van der Waals surface area contributed by atoms with E-state index in [1.165, 1.54) is 19.6 Å². The van der Waals surface area contributed by atoms with Gasteiger partial charge in [0.05, 0.1) is 7.11 Å². The smallest absolute Gasteiger partial charge is 0.302 e. The lowest BCUT2D eigenvalue weighted by Crippen LogP contribution is -1.88. The van der Waals surface area contributed by atoms with Gasteiger partial charge in [0.25, 0.3) is 0 Å². The molecule has 2 nitrogen and oxygen atoms in total. The van der Waals surface area contributed by atoms with Gasteiger partial charge in [0.2, 0.25) is 0 Å². The van der Waals surface area contributed by atoms with Crippen molar-refractivity contribution in [2.24, 2.45) is 0 Å². The van der Waals surface area contributed by atoms with Crippen LogP contribution >= 0.6 is 0 Å². The lowest BCUT2D eigenvalue weighted by atomic mass is 10.2. The Morgan fingerprint density at radius 2 is 1.47 bits per heavy atom. The third-order valence-electron chi connectivity index (χ3n) is 1.23. The highest BCUT2D eigenvalue weighted by atomic mass is 16.5. The maximum atomic E-state index is 9.59. The Labute approximate surface area is 94.3 Å². The second-order valence-electron chi connectivity index (χ2n) is 2.35. The minimum Gasteiger partial charge on any atom is -0.469 e. The minimum absolute atomic E-state index is 0. The van der Waals surface area contributed by atoms with Crippen LogP contribution < -0.4 is 0 Å². The number of ether oxygens (including phenoxy) is 1. The van der Waals surface area contributed by atoms with Crippen molar-refractivity contribution in [3.05, 3.63) is 35.9 Å². The fraction of sp³-hybridized carbons (Fsp3) is 0.462. The van der Waals surface area contributed by atoms with Gasteiger partial charge in [-0.3, -0.25) is 4.79 Å². The summed E-state index contributed by atoms with van der Waals surface area (Å²) in [5.41, 5.74) is 1.32. The lowest BCUT2D eigenvalue weighted by Gasteiger charge is -1.82. The summed E-state index contributed by atoms with van der Waals surface area (Å²) in [5, 5.41) is 0. The third-order valence-corrected chi connectivity index (χ3v) is 1.23. The SMILES string of the molecule is C.CC.COC(C)=O.Cc1ccccc1. The predicted molar refractivity (Wildman–Crippen MR) is 66.9 cm³/mol. The molecule has 1 aromatic carbocycles. The summed E-state index contributed by atoms with van der Waals surface area (Å²) in [7, 11) is 1.35. The van der Waals surface area contributed by atoms with Gasteiger partial charge in [-0.05, 0) is 6.92 Å². The first-order valence-electron chi connectivity index (χ1n) is 4.73. The monoisotopic (exact) mass is 212 g/mol. The van der Waals surface area contributed by atoms with Crippen LogP contribution in [-0.4, -0.2) is 13.1 Å². The van der Waals surface area contributed by atoms with Crippen LogP contribution in [0.5, 0.6) is 0 Å². The first kappa shape index (κ1) is 19.3. The molecule has 0 aliphatic rings. The number of carbonyl (C=O) groups excluding carboxylic acids is 1. The summed E-state index contributed by atoms with van der Waals surface area (Å²) in [6.45, 7) is 7.44. The van der Waals surface area contributed by atoms with E-state index >= 15 is 0 Å². The molecule has 0 aromatic heterocycles. The highest BCUT2D eigenvalue weighted by Gasteiger charge is 1.75. The van der Waals surface area contributed by atoms with Crippen molar-refractivity contribution >= 4 is 5.97 Å². The Morgan fingerprint density at radius 3 is 1.60 bits per heavy atom. The van der Waals surface area contributed by atoms with E-state index in [0.29, 0.717) is 0 Å². The van der Waals surface area contributed by atoms with E-state index in [1.807, 2.05) is 32.0 Å². The molecule has 0 spiro atoms. The normalized spacial score (nSPS) is 6.73. The van der Waals surface area contributed by atoms with Crippen molar-refractivity contribution < 1.29 is 9.53 Å². The molecule has 88 valence electrons. The van der Waals surface area contributed by atoms with Crippen molar-refractivity contribution in [2.75, 3.05) is 7.11 Å². The fourth-order valence-corrected chi connectivity index (χ4v) is 0.534. The van der Waals surface area contributed by atoms with Gasteiger partial charge in [-0.1, -0.05) is 57.2 Å². The quantitative estimate of drug-likeness (QED) is 0.611. The van der Waals surface area contributed by atoms with Crippen LogP contribution in [0.1, 0.15) is 33.8 Å². The Hall–Kier alpha value is -1.31. The molecule has 1 aromatic rings. The number of methoxy groups -OCH3 is 1. The van der Waals surface area contributed by atoms with E-state index in [1.54, 1.807) is 0 Å². The van der Waals surface area contributed by atoms with E-state index < -0.39 is 0 Å². The molecule has 0 atom stereocenters. The summed E-state index contributed by atoms with van der Waals surface area (Å²) >= 11 is 0. The number of esters is 1. The molecular formula is C13H24O2. The summed E-state index contributed by atoms with van der Waals surface area (Å²) in [6.07, 6.45) is 0. The van der Waals surface area contributed by atoms with E-state index in [2.05, 4.69) is 23.8 Å². The third kappa shape index (κ3) is 19.2. The van der Waals surface area contributed by atoms with Crippen molar-refractivity contribution in [1.82, 2.24) is 0 Å². The highest BCUT2D eigenvalue weighted by molar-refractivity contribution is 5.65. The molecule has 0 aliphatic heterocycles. The number of carbonyl (C=O) groups is 1. The van der Waals surface area contributed by atoms with Crippen LogP contribution in [-0.2, 0) is 9.53 Å². The van der Waals surface area contributed by atoms with Gasteiger partial charge in [-0.25, -0.2) is 0 Å². The topological polar surface area (TPSA) is 26.3 Å². The molecule has 0 heterocycles. The molecule has 0 N–H and O–H groups in total. The van der Waals surface area contributed by atoms with E-state index in [-0.39, 0.29) is 13.4 Å². The number of aryl methyl sites for hydroxylation is 1. The average Bonchev–Trinajstić information content (AvgIpc) is 2.23. The second kappa shape index (κ2) is 15.2. The molecule has 0 fully saturated rings. The second-order valence-corrected chi connectivity index (χ2v) is 2.35. The zero-order valence-corrected chi connectivity index (χ0v) is 9.70. The molecule has 0 radical (unpaired) electrons. The van der Waals surface area contributed by atoms with Gasteiger partial charge in [-0.2, -0.15) is 0 Å². The zero-order chi connectivity index (χ0) is 11.4. The van der Waals surface area contributed by atoms with E-state index in [9.17, 15) is 4.79 Å². The molecule has 0 unspecified atom stereocenters. The molecule has 0 aliphatic carbocycles. The number of rotatable bonds is 0. The Bertz CT molecular complexity index is 217. The van der Waals surface area contributed by atoms with Crippen LogP contribution in [0.2, 0.25) is 0 Å². The van der Waals surface area contributed by atoms with Gasteiger partial charge < -0.3 is 4.74 Å². The average molecular weight is 212 g/mol. The number of benzene rings is 1. The Balaban J connectivity index is -0.000000162. The van der Waals surface area contributed by atoms with E-state index in [0.717, 1.165) is 0 Å². The molecule has 1 rings (SSSR count). The van der Waals surface area contributed by atoms with Crippen molar-refractivity contribution in [3.63, 3.8) is 0 Å². The zero-order valence-electron chi connectivity index (χ0n) is 9.70. The minimum atomic E-state index is -0.245. The van der Waals surface area contributed by atoms with Crippen LogP contribution in [0.3, 0.4) is 0 Å². The molecular weight excluding hydrogens is 188 g/mol. The standard InChI is InChI=1S/C7H8.C3H6O2.C2H6.CH4/c1-7-5-3-2-4-6-7;1-3(4)5-2;1-2;/h2-6H,1H3;1-2H3;1-2H3;1H4. The Morgan fingerprint density at radius 1 is 1.13 bits per heavy atom. The van der Waals surface area contributed by atoms with Crippen molar-refractivity contribution in [2.45, 2.75) is 35.1 Å².